The van der Waals surface area contributed by atoms with Gasteiger partial charge in [0.2, 0.25) is 0 Å². The van der Waals surface area contributed by atoms with Crippen molar-refractivity contribution in [1.29, 1.82) is 0 Å². The lowest BCUT2D eigenvalue weighted by Crippen LogP contribution is -2.11. The number of benzene rings is 1. The predicted octanol–water partition coefficient (Wildman–Crippen LogP) is 2.62. The molecular formula is C11H16FNS. The summed E-state index contributed by atoms with van der Waals surface area (Å²) in [5.41, 5.74) is 1.82. The van der Waals surface area contributed by atoms with E-state index in [1.165, 1.54) is 0 Å². The van der Waals surface area contributed by atoms with Gasteiger partial charge in [-0.15, -0.1) is 11.8 Å². The standard InChI is InChI=1S/C11H16FNS/c1-8-6-10(12)9(4-5-13-2)7-11(8)14-3/h6-7,13H,4-5H2,1-3H3. The van der Waals surface area contributed by atoms with E-state index in [9.17, 15) is 4.39 Å². The van der Waals surface area contributed by atoms with Crippen molar-refractivity contribution < 1.29 is 4.39 Å². The van der Waals surface area contributed by atoms with Gasteiger partial charge in [0.25, 0.3) is 0 Å². The first-order valence-corrected chi connectivity index (χ1v) is 5.89. The van der Waals surface area contributed by atoms with E-state index < -0.39 is 0 Å². The van der Waals surface area contributed by atoms with E-state index in [0.717, 1.165) is 29.0 Å². The molecule has 0 saturated heterocycles. The van der Waals surface area contributed by atoms with Gasteiger partial charge in [0.15, 0.2) is 0 Å². The first kappa shape index (κ1) is 11.5. The van der Waals surface area contributed by atoms with Gasteiger partial charge in [-0.05, 0) is 56.5 Å². The van der Waals surface area contributed by atoms with Gasteiger partial charge in [-0.1, -0.05) is 0 Å². The molecule has 0 atom stereocenters. The lowest BCUT2D eigenvalue weighted by Gasteiger charge is -2.08. The molecule has 0 bridgehead atoms. The third kappa shape index (κ3) is 2.72. The smallest absolute Gasteiger partial charge is 0.126 e. The Morgan fingerprint density at radius 1 is 1.43 bits per heavy atom. The zero-order chi connectivity index (χ0) is 10.6. The van der Waals surface area contributed by atoms with Gasteiger partial charge in [0, 0.05) is 4.90 Å². The summed E-state index contributed by atoms with van der Waals surface area (Å²) in [5, 5.41) is 3.02. The Morgan fingerprint density at radius 2 is 2.14 bits per heavy atom. The highest BCUT2D eigenvalue weighted by molar-refractivity contribution is 7.98. The highest BCUT2D eigenvalue weighted by Gasteiger charge is 2.05. The van der Waals surface area contributed by atoms with Crippen molar-refractivity contribution in [1.82, 2.24) is 5.32 Å². The second-order valence-electron chi connectivity index (χ2n) is 3.27. The molecule has 0 amide bonds. The molecule has 78 valence electrons. The summed E-state index contributed by atoms with van der Waals surface area (Å²) in [6, 6.07) is 3.57. The predicted molar refractivity (Wildman–Crippen MR) is 60.5 cm³/mol. The molecule has 1 N–H and O–H groups in total. The molecule has 0 radical (unpaired) electrons. The number of thioether (sulfide) groups is 1. The number of halogens is 1. The maximum Gasteiger partial charge on any atom is 0.126 e. The molecule has 0 aliphatic heterocycles. The van der Waals surface area contributed by atoms with Crippen LogP contribution in [0.15, 0.2) is 17.0 Å². The molecule has 1 nitrogen and oxygen atoms in total. The second kappa shape index (κ2) is 5.37. The van der Waals surface area contributed by atoms with Gasteiger partial charge in [-0.25, -0.2) is 4.39 Å². The maximum atomic E-state index is 13.5. The van der Waals surface area contributed by atoms with E-state index in [1.54, 1.807) is 17.8 Å². The van der Waals surface area contributed by atoms with Crippen LogP contribution in [0.4, 0.5) is 4.39 Å². The van der Waals surface area contributed by atoms with Crippen molar-refractivity contribution in [3.05, 3.63) is 29.1 Å². The summed E-state index contributed by atoms with van der Waals surface area (Å²) in [7, 11) is 1.88. The number of hydrogen-bond donors (Lipinski definition) is 1. The Morgan fingerprint density at radius 3 is 2.71 bits per heavy atom. The van der Waals surface area contributed by atoms with Crippen LogP contribution in [0.2, 0.25) is 0 Å². The molecule has 0 saturated carbocycles. The number of likely N-dealkylation sites (N-methyl/N-ethyl adjacent to an activating group) is 1. The highest BCUT2D eigenvalue weighted by atomic mass is 32.2. The summed E-state index contributed by atoms with van der Waals surface area (Å²) in [4.78, 5) is 1.16. The van der Waals surface area contributed by atoms with Gasteiger partial charge >= 0.3 is 0 Å². The topological polar surface area (TPSA) is 12.0 Å². The fraction of sp³-hybridized carbons (Fsp3) is 0.455. The van der Waals surface area contributed by atoms with Crippen LogP contribution >= 0.6 is 11.8 Å². The van der Waals surface area contributed by atoms with Crippen molar-refractivity contribution in [3.8, 4) is 0 Å². The van der Waals surface area contributed by atoms with E-state index in [2.05, 4.69) is 5.32 Å². The molecule has 0 spiro atoms. The third-order valence-electron chi connectivity index (χ3n) is 2.21. The van der Waals surface area contributed by atoms with Crippen LogP contribution in [0.3, 0.4) is 0 Å². The summed E-state index contributed by atoms with van der Waals surface area (Å²) in [6.07, 6.45) is 2.76. The number of rotatable bonds is 4. The minimum absolute atomic E-state index is 0.0875. The van der Waals surface area contributed by atoms with E-state index in [-0.39, 0.29) is 5.82 Å². The van der Waals surface area contributed by atoms with Crippen LogP contribution in [0, 0.1) is 12.7 Å². The first-order valence-electron chi connectivity index (χ1n) is 4.66. The molecule has 1 rings (SSSR count). The van der Waals surface area contributed by atoms with Crippen LogP contribution in [0.5, 0.6) is 0 Å². The van der Waals surface area contributed by atoms with Crippen LogP contribution in [-0.2, 0) is 6.42 Å². The normalized spacial score (nSPS) is 10.6. The SMILES string of the molecule is CNCCc1cc(SC)c(C)cc1F. The Balaban J connectivity index is 2.92. The molecular weight excluding hydrogens is 197 g/mol. The Bertz CT molecular complexity index is 312. The van der Waals surface area contributed by atoms with Crippen molar-refractivity contribution in [2.45, 2.75) is 18.2 Å². The van der Waals surface area contributed by atoms with E-state index in [1.807, 2.05) is 26.3 Å². The molecule has 0 aromatic heterocycles. The minimum Gasteiger partial charge on any atom is -0.319 e. The molecule has 0 heterocycles. The lowest BCUT2D eigenvalue weighted by atomic mass is 10.1. The first-order chi connectivity index (χ1) is 6.69. The van der Waals surface area contributed by atoms with Gasteiger partial charge < -0.3 is 5.32 Å². The molecule has 14 heavy (non-hydrogen) atoms. The Kier molecular flexibility index (Phi) is 4.42. The van der Waals surface area contributed by atoms with Crippen LogP contribution < -0.4 is 5.32 Å². The third-order valence-corrected chi connectivity index (χ3v) is 3.09. The van der Waals surface area contributed by atoms with Gasteiger partial charge in [0.1, 0.15) is 5.82 Å². The Labute approximate surface area is 89.1 Å². The maximum absolute atomic E-state index is 13.5. The van der Waals surface area contributed by atoms with Crippen molar-refractivity contribution in [3.63, 3.8) is 0 Å². The van der Waals surface area contributed by atoms with Crippen molar-refractivity contribution in [2.24, 2.45) is 0 Å². The van der Waals surface area contributed by atoms with Crippen molar-refractivity contribution in [2.75, 3.05) is 19.8 Å². The molecule has 0 aliphatic carbocycles. The fourth-order valence-electron chi connectivity index (χ4n) is 1.37. The van der Waals surface area contributed by atoms with Crippen LogP contribution in [0.1, 0.15) is 11.1 Å². The fourth-order valence-corrected chi connectivity index (χ4v) is 2.01. The summed E-state index contributed by atoms with van der Waals surface area (Å²) in [5.74, 6) is -0.0875. The molecule has 1 aromatic rings. The lowest BCUT2D eigenvalue weighted by molar-refractivity contribution is 0.601. The van der Waals surface area contributed by atoms with E-state index >= 15 is 0 Å². The van der Waals surface area contributed by atoms with Crippen molar-refractivity contribution >= 4 is 11.8 Å². The van der Waals surface area contributed by atoms with Gasteiger partial charge in [0.05, 0.1) is 0 Å². The van der Waals surface area contributed by atoms with E-state index in [0.29, 0.717) is 0 Å². The average molecular weight is 213 g/mol. The highest BCUT2D eigenvalue weighted by Crippen LogP contribution is 2.23. The van der Waals surface area contributed by atoms with E-state index in [4.69, 9.17) is 0 Å². The zero-order valence-electron chi connectivity index (χ0n) is 8.86. The minimum atomic E-state index is -0.0875. The molecule has 0 aliphatic rings. The summed E-state index contributed by atoms with van der Waals surface area (Å²) >= 11 is 1.66. The number of aryl methyl sites for hydroxylation is 1. The quantitative estimate of drug-likeness (QED) is 0.772. The summed E-state index contributed by atoms with van der Waals surface area (Å²) in [6.45, 7) is 2.75. The number of hydrogen-bond acceptors (Lipinski definition) is 2. The van der Waals surface area contributed by atoms with Gasteiger partial charge in [-0.2, -0.15) is 0 Å². The summed E-state index contributed by atoms with van der Waals surface area (Å²) < 4.78 is 13.5. The van der Waals surface area contributed by atoms with Crippen LogP contribution in [-0.4, -0.2) is 19.8 Å². The van der Waals surface area contributed by atoms with Gasteiger partial charge in [-0.3, -0.25) is 0 Å². The molecule has 3 heteroatoms. The van der Waals surface area contributed by atoms with Crippen LogP contribution in [0.25, 0.3) is 0 Å². The molecule has 0 unspecified atom stereocenters. The zero-order valence-corrected chi connectivity index (χ0v) is 9.67. The second-order valence-corrected chi connectivity index (χ2v) is 4.11. The molecule has 1 aromatic carbocycles. The molecule has 0 fully saturated rings. The Hall–Kier alpha value is -0.540. The number of nitrogens with one attached hydrogen (secondary N) is 1. The average Bonchev–Trinajstić information content (AvgIpc) is 2.17. The monoisotopic (exact) mass is 213 g/mol. The largest absolute Gasteiger partial charge is 0.319 e.